The first-order valence-corrected chi connectivity index (χ1v) is 7.88. The van der Waals surface area contributed by atoms with Crippen LogP contribution in [-0.2, 0) is 4.79 Å². The quantitative estimate of drug-likeness (QED) is 0.766. The van der Waals surface area contributed by atoms with Crippen molar-refractivity contribution in [2.75, 3.05) is 18.0 Å². The van der Waals surface area contributed by atoms with E-state index in [1.165, 1.54) is 0 Å². The SMILES string of the molecule is N#CCC(=O)NC1CCN(c2cc[nH]c3cnc4nccc4c23)C1. The Kier molecular flexibility index (Phi) is 3.50. The van der Waals surface area contributed by atoms with Gasteiger partial charge in [-0.05, 0) is 18.6 Å². The van der Waals surface area contributed by atoms with Crippen LogP contribution in [0.25, 0.3) is 21.9 Å². The number of amides is 1. The maximum atomic E-state index is 11.6. The number of hydrogen-bond donors (Lipinski definition) is 2. The van der Waals surface area contributed by atoms with Crippen molar-refractivity contribution in [1.82, 2.24) is 20.3 Å². The molecule has 0 spiro atoms. The van der Waals surface area contributed by atoms with Crippen molar-refractivity contribution in [1.29, 1.82) is 5.26 Å². The molecule has 24 heavy (non-hydrogen) atoms. The monoisotopic (exact) mass is 320 g/mol. The lowest BCUT2D eigenvalue weighted by molar-refractivity contribution is -0.120. The third-order valence-electron chi connectivity index (χ3n) is 4.40. The summed E-state index contributed by atoms with van der Waals surface area (Å²) in [4.78, 5) is 25.8. The van der Waals surface area contributed by atoms with E-state index in [-0.39, 0.29) is 18.4 Å². The molecule has 4 heterocycles. The Balaban J connectivity index is 1.67. The summed E-state index contributed by atoms with van der Waals surface area (Å²) in [6.45, 7) is 1.59. The van der Waals surface area contributed by atoms with Crippen LogP contribution < -0.4 is 10.2 Å². The molecule has 1 aliphatic rings. The number of hydrogen-bond acceptors (Lipinski definition) is 5. The van der Waals surface area contributed by atoms with Crippen LogP contribution in [0, 0.1) is 11.3 Å². The van der Waals surface area contributed by atoms with E-state index in [0.29, 0.717) is 0 Å². The second kappa shape index (κ2) is 5.81. The molecule has 2 N–H and O–H groups in total. The molecular formula is C17H16N6O. The second-order valence-electron chi connectivity index (χ2n) is 5.93. The van der Waals surface area contributed by atoms with Crippen LogP contribution in [0.5, 0.6) is 0 Å². The van der Waals surface area contributed by atoms with Crippen molar-refractivity contribution >= 4 is 33.5 Å². The predicted octanol–water partition coefficient (Wildman–Crippen LogP) is 1.72. The number of carbonyl (C=O) groups excluding carboxylic acids is 1. The van der Waals surface area contributed by atoms with Gasteiger partial charge < -0.3 is 15.2 Å². The maximum absolute atomic E-state index is 11.6. The predicted molar refractivity (Wildman–Crippen MR) is 90.4 cm³/mol. The minimum Gasteiger partial charge on any atom is -0.369 e. The molecule has 0 aliphatic carbocycles. The summed E-state index contributed by atoms with van der Waals surface area (Å²) in [6, 6.07) is 5.98. The smallest absolute Gasteiger partial charge is 0.234 e. The summed E-state index contributed by atoms with van der Waals surface area (Å²) in [6.07, 6.45) is 6.25. The van der Waals surface area contributed by atoms with Crippen LogP contribution in [0.2, 0.25) is 0 Å². The molecule has 3 aromatic rings. The number of nitrogens with one attached hydrogen (secondary N) is 2. The molecule has 0 aromatic carbocycles. The van der Waals surface area contributed by atoms with Crippen LogP contribution >= 0.6 is 0 Å². The Morgan fingerprint density at radius 1 is 1.46 bits per heavy atom. The number of nitrogens with zero attached hydrogens (tertiary/aromatic N) is 4. The van der Waals surface area contributed by atoms with Crippen LogP contribution in [0.4, 0.5) is 5.69 Å². The lowest BCUT2D eigenvalue weighted by atomic mass is 10.1. The van der Waals surface area contributed by atoms with Crippen molar-refractivity contribution < 1.29 is 4.79 Å². The van der Waals surface area contributed by atoms with Gasteiger partial charge in [-0.15, -0.1) is 0 Å². The highest BCUT2D eigenvalue weighted by Crippen LogP contribution is 2.32. The molecule has 120 valence electrons. The molecule has 4 rings (SSSR count). The number of rotatable bonds is 3. The summed E-state index contributed by atoms with van der Waals surface area (Å²) < 4.78 is 0. The summed E-state index contributed by atoms with van der Waals surface area (Å²) >= 11 is 0. The van der Waals surface area contributed by atoms with Gasteiger partial charge in [-0.1, -0.05) is 0 Å². The minimum absolute atomic E-state index is 0.0696. The number of pyridine rings is 2. The standard InChI is InChI=1S/C17H16N6O/c18-5-1-15(24)22-11-4-8-23(10-11)14-3-7-19-13-9-21-17-12(16(13)14)2-6-20-17/h2-3,6-7,9,11,19H,1,4,8,10H2,(H,22,24). The van der Waals surface area contributed by atoms with Gasteiger partial charge in [-0.3, -0.25) is 4.79 Å². The van der Waals surface area contributed by atoms with Gasteiger partial charge in [-0.2, -0.15) is 5.26 Å². The minimum atomic E-state index is -0.206. The third-order valence-corrected chi connectivity index (χ3v) is 4.40. The van der Waals surface area contributed by atoms with E-state index in [1.807, 2.05) is 24.4 Å². The number of aromatic amines is 1. The zero-order chi connectivity index (χ0) is 16.5. The number of H-pyrrole nitrogens is 1. The van der Waals surface area contributed by atoms with E-state index < -0.39 is 0 Å². The second-order valence-corrected chi connectivity index (χ2v) is 5.93. The zero-order valence-corrected chi connectivity index (χ0v) is 13.0. The van der Waals surface area contributed by atoms with E-state index in [4.69, 9.17) is 5.26 Å². The highest BCUT2D eigenvalue weighted by atomic mass is 16.1. The first-order chi connectivity index (χ1) is 11.8. The third kappa shape index (κ3) is 2.42. The molecule has 1 aliphatic heterocycles. The number of nitriles is 1. The van der Waals surface area contributed by atoms with E-state index in [0.717, 1.165) is 47.1 Å². The van der Waals surface area contributed by atoms with Gasteiger partial charge >= 0.3 is 0 Å². The number of anilines is 1. The molecule has 0 radical (unpaired) electrons. The van der Waals surface area contributed by atoms with Gasteiger partial charge in [0.15, 0.2) is 5.65 Å². The average molecular weight is 320 g/mol. The molecule has 7 heteroatoms. The summed E-state index contributed by atoms with van der Waals surface area (Å²) in [5, 5.41) is 13.7. The van der Waals surface area contributed by atoms with Gasteiger partial charge in [0.05, 0.1) is 17.8 Å². The van der Waals surface area contributed by atoms with Crippen LogP contribution in [0.15, 0.2) is 30.7 Å². The summed E-state index contributed by atoms with van der Waals surface area (Å²) in [7, 11) is 0. The zero-order valence-electron chi connectivity index (χ0n) is 13.0. The fraction of sp³-hybridized carbons (Fsp3) is 0.294. The fourth-order valence-electron chi connectivity index (χ4n) is 3.35. The van der Waals surface area contributed by atoms with Gasteiger partial charge in [0.2, 0.25) is 5.91 Å². The molecule has 0 bridgehead atoms. The number of carbonyl (C=O) groups is 1. The molecule has 1 unspecified atom stereocenters. The Hall–Kier alpha value is -3.14. The lowest BCUT2D eigenvalue weighted by Crippen LogP contribution is -2.36. The molecule has 1 amide bonds. The molecule has 1 atom stereocenters. The van der Waals surface area contributed by atoms with Crippen molar-refractivity contribution in [3.05, 3.63) is 30.7 Å². The van der Waals surface area contributed by atoms with E-state index in [2.05, 4.69) is 25.2 Å². The maximum Gasteiger partial charge on any atom is 0.234 e. The first kappa shape index (κ1) is 14.5. The molecule has 0 saturated carbocycles. The number of fused-ring (bicyclic) bond motifs is 3. The van der Waals surface area contributed by atoms with Crippen molar-refractivity contribution in [2.45, 2.75) is 18.9 Å². The fourth-order valence-corrected chi connectivity index (χ4v) is 3.35. The highest BCUT2D eigenvalue weighted by molar-refractivity contribution is 6.10. The molecular weight excluding hydrogens is 304 g/mol. The van der Waals surface area contributed by atoms with E-state index in [9.17, 15) is 4.79 Å². The van der Waals surface area contributed by atoms with E-state index >= 15 is 0 Å². The van der Waals surface area contributed by atoms with Gasteiger partial charge in [0.1, 0.15) is 6.42 Å². The van der Waals surface area contributed by atoms with Crippen molar-refractivity contribution in [3.8, 4) is 6.07 Å². The topological polar surface area (TPSA) is 97.7 Å². The molecule has 3 aromatic heterocycles. The van der Waals surface area contributed by atoms with Crippen LogP contribution in [0.1, 0.15) is 12.8 Å². The Morgan fingerprint density at radius 3 is 3.25 bits per heavy atom. The van der Waals surface area contributed by atoms with Gasteiger partial charge in [-0.25, -0.2) is 9.97 Å². The Labute approximate surface area is 138 Å². The Bertz CT molecular complexity index is 957. The van der Waals surface area contributed by atoms with Crippen LogP contribution in [0.3, 0.4) is 0 Å². The normalized spacial score (nSPS) is 17.3. The average Bonchev–Trinajstić information content (AvgIpc) is 3.23. The van der Waals surface area contributed by atoms with Gasteiger partial charge in [0.25, 0.3) is 0 Å². The van der Waals surface area contributed by atoms with Crippen molar-refractivity contribution in [3.63, 3.8) is 0 Å². The first-order valence-electron chi connectivity index (χ1n) is 7.88. The van der Waals surface area contributed by atoms with Gasteiger partial charge in [0, 0.05) is 48.0 Å². The largest absolute Gasteiger partial charge is 0.369 e. The summed E-state index contributed by atoms with van der Waals surface area (Å²) in [5.41, 5.74) is 2.81. The highest BCUT2D eigenvalue weighted by Gasteiger charge is 2.25. The summed E-state index contributed by atoms with van der Waals surface area (Å²) in [5.74, 6) is -0.206. The van der Waals surface area contributed by atoms with Crippen LogP contribution in [-0.4, -0.2) is 40.0 Å². The van der Waals surface area contributed by atoms with E-state index in [1.54, 1.807) is 12.4 Å². The number of aromatic nitrogens is 3. The molecule has 1 saturated heterocycles. The molecule has 1 fully saturated rings. The Morgan fingerprint density at radius 2 is 2.38 bits per heavy atom. The lowest BCUT2D eigenvalue weighted by Gasteiger charge is -2.21. The van der Waals surface area contributed by atoms with Crippen molar-refractivity contribution in [2.24, 2.45) is 0 Å². The molecule has 7 nitrogen and oxygen atoms in total.